The minimum atomic E-state index is -1.01. The zero-order chi connectivity index (χ0) is 14.8. The fourth-order valence-electron chi connectivity index (χ4n) is 2.04. The van der Waals surface area contributed by atoms with Crippen LogP contribution in [0.2, 0.25) is 0 Å². The lowest BCUT2D eigenvalue weighted by molar-refractivity contribution is 0.0691. The first-order chi connectivity index (χ1) is 10.2. The number of aromatic nitrogens is 2. The highest BCUT2D eigenvalue weighted by atomic mass is 32.1. The van der Waals surface area contributed by atoms with Gasteiger partial charge in [0.15, 0.2) is 10.7 Å². The number of hydrogen-bond donors (Lipinski definition) is 1. The lowest BCUT2D eigenvalue weighted by Gasteiger charge is -2.05. The Labute approximate surface area is 125 Å². The Morgan fingerprint density at radius 1 is 1.38 bits per heavy atom. The van der Waals surface area contributed by atoms with Crippen LogP contribution in [0.3, 0.4) is 0 Å². The number of imidazole rings is 1. The number of carboxylic acid groups (broad SMARTS) is 1. The third-order valence-corrected chi connectivity index (χ3v) is 3.89. The predicted molar refractivity (Wildman–Crippen MR) is 81.3 cm³/mol. The molecule has 6 heteroatoms. The van der Waals surface area contributed by atoms with Gasteiger partial charge < -0.3 is 9.84 Å². The van der Waals surface area contributed by atoms with Crippen LogP contribution in [0.1, 0.15) is 23.8 Å². The molecule has 0 atom stereocenters. The van der Waals surface area contributed by atoms with Gasteiger partial charge in [-0.3, -0.25) is 4.40 Å². The van der Waals surface area contributed by atoms with Crippen molar-refractivity contribution in [2.24, 2.45) is 0 Å². The Hall–Kier alpha value is -2.34. The van der Waals surface area contributed by atoms with Crippen molar-refractivity contribution in [1.82, 2.24) is 9.38 Å². The molecule has 1 aromatic carbocycles. The molecule has 0 saturated carbocycles. The van der Waals surface area contributed by atoms with Crippen molar-refractivity contribution in [3.63, 3.8) is 0 Å². The Kier molecular flexibility index (Phi) is 3.62. The monoisotopic (exact) mass is 302 g/mol. The second kappa shape index (κ2) is 5.57. The Morgan fingerprint density at radius 2 is 2.14 bits per heavy atom. The summed E-state index contributed by atoms with van der Waals surface area (Å²) in [7, 11) is 0. The third kappa shape index (κ3) is 2.62. The molecule has 1 N–H and O–H groups in total. The van der Waals surface area contributed by atoms with E-state index >= 15 is 0 Å². The lowest BCUT2D eigenvalue weighted by atomic mass is 10.1. The van der Waals surface area contributed by atoms with Crippen molar-refractivity contribution >= 4 is 22.3 Å². The molecule has 21 heavy (non-hydrogen) atoms. The van der Waals surface area contributed by atoms with Crippen LogP contribution in [0.4, 0.5) is 0 Å². The van der Waals surface area contributed by atoms with Crippen LogP contribution in [0, 0.1) is 0 Å². The fourth-order valence-corrected chi connectivity index (χ4v) is 2.92. The summed E-state index contributed by atoms with van der Waals surface area (Å²) in [4.78, 5) is 15.7. The van der Waals surface area contributed by atoms with Crippen molar-refractivity contribution in [1.29, 1.82) is 0 Å². The Balaban J connectivity index is 1.94. The van der Waals surface area contributed by atoms with Gasteiger partial charge in [0.05, 0.1) is 12.3 Å². The third-order valence-electron chi connectivity index (χ3n) is 3.05. The van der Waals surface area contributed by atoms with Crippen LogP contribution < -0.4 is 4.74 Å². The van der Waals surface area contributed by atoms with Crippen molar-refractivity contribution in [3.05, 3.63) is 41.5 Å². The highest BCUT2D eigenvalue weighted by molar-refractivity contribution is 7.15. The van der Waals surface area contributed by atoms with Crippen molar-refractivity contribution < 1.29 is 14.6 Å². The first kappa shape index (κ1) is 13.6. The van der Waals surface area contributed by atoms with Crippen LogP contribution in [-0.2, 0) is 0 Å². The van der Waals surface area contributed by atoms with E-state index in [-0.39, 0.29) is 5.69 Å². The second-order valence-corrected chi connectivity index (χ2v) is 5.41. The molecule has 0 radical (unpaired) electrons. The number of fused-ring (bicyclic) bond motifs is 1. The zero-order valence-electron chi connectivity index (χ0n) is 11.4. The number of hydrogen-bond acceptors (Lipinski definition) is 4. The molecule has 0 bridgehead atoms. The van der Waals surface area contributed by atoms with E-state index in [0.717, 1.165) is 23.4 Å². The minimum absolute atomic E-state index is 0.0611. The Morgan fingerprint density at radius 3 is 2.81 bits per heavy atom. The van der Waals surface area contributed by atoms with Gasteiger partial charge in [-0.15, -0.1) is 11.3 Å². The molecule has 3 aromatic rings. The van der Waals surface area contributed by atoms with Crippen molar-refractivity contribution in [2.45, 2.75) is 13.3 Å². The van der Waals surface area contributed by atoms with Crippen LogP contribution in [0.15, 0.2) is 35.8 Å². The van der Waals surface area contributed by atoms with Gasteiger partial charge in [-0.05, 0) is 36.2 Å². The molecule has 108 valence electrons. The summed E-state index contributed by atoms with van der Waals surface area (Å²) >= 11 is 1.42. The van der Waals surface area contributed by atoms with Crippen molar-refractivity contribution in [2.75, 3.05) is 6.61 Å². The standard InChI is InChI=1S/C15H14N2O3S/c1-2-7-20-11-5-3-10(4-6-11)13-9-21-15-16-12(14(18)19)8-17(13)15/h3-6,8-9H,2,7H2,1H3,(H,18,19). The molecule has 0 amide bonds. The van der Waals surface area contributed by atoms with E-state index < -0.39 is 5.97 Å². The maximum atomic E-state index is 11.0. The first-order valence-electron chi connectivity index (χ1n) is 6.62. The maximum Gasteiger partial charge on any atom is 0.356 e. The number of aromatic carboxylic acids is 1. The topological polar surface area (TPSA) is 63.8 Å². The molecule has 0 fully saturated rings. The molecular formula is C15H14N2O3S. The molecule has 0 aliphatic carbocycles. The van der Waals surface area contributed by atoms with Gasteiger partial charge in [0.1, 0.15) is 5.75 Å². The molecule has 5 nitrogen and oxygen atoms in total. The molecule has 2 heterocycles. The Bertz CT molecular complexity index is 774. The molecule has 0 aliphatic heterocycles. The number of carboxylic acids is 1. The molecule has 0 unspecified atom stereocenters. The van der Waals surface area contributed by atoms with Gasteiger partial charge in [0.25, 0.3) is 0 Å². The lowest BCUT2D eigenvalue weighted by Crippen LogP contribution is -1.95. The molecule has 0 saturated heterocycles. The number of benzene rings is 1. The van der Waals surface area contributed by atoms with Crippen LogP contribution in [-0.4, -0.2) is 27.1 Å². The van der Waals surface area contributed by atoms with Gasteiger partial charge in [-0.1, -0.05) is 6.92 Å². The summed E-state index contributed by atoms with van der Waals surface area (Å²) < 4.78 is 7.36. The summed E-state index contributed by atoms with van der Waals surface area (Å²) in [6, 6.07) is 7.77. The van der Waals surface area contributed by atoms with E-state index in [1.54, 1.807) is 10.6 Å². The average molecular weight is 302 g/mol. The summed E-state index contributed by atoms with van der Waals surface area (Å²) in [6.45, 7) is 2.76. The van der Waals surface area contributed by atoms with E-state index in [4.69, 9.17) is 9.84 Å². The fraction of sp³-hybridized carbons (Fsp3) is 0.200. The molecule has 0 spiro atoms. The van der Waals surface area contributed by atoms with E-state index in [0.29, 0.717) is 11.6 Å². The highest BCUT2D eigenvalue weighted by Gasteiger charge is 2.13. The summed E-state index contributed by atoms with van der Waals surface area (Å²) in [5, 5.41) is 11.0. The number of thiazole rings is 1. The van der Waals surface area contributed by atoms with E-state index in [1.165, 1.54) is 11.3 Å². The van der Waals surface area contributed by atoms with Crippen LogP contribution in [0.5, 0.6) is 5.75 Å². The SMILES string of the molecule is CCCOc1ccc(-c2csc3nc(C(=O)O)cn23)cc1. The summed E-state index contributed by atoms with van der Waals surface area (Å²) in [6.07, 6.45) is 2.52. The number of carbonyl (C=O) groups is 1. The average Bonchev–Trinajstić information content (AvgIpc) is 3.06. The van der Waals surface area contributed by atoms with E-state index in [1.807, 2.05) is 29.6 Å². The quantitative estimate of drug-likeness (QED) is 0.783. The van der Waals surface area contributed by atoms with Gasteiger partial charge in [-0.25, -0.2) is 9.78 Å². The normalized spacial score (nSPS) is 10.9. The number of ether oxygens (including phenoxy) is 1. The summed E-state index contributed by atoms with van der Waals surface area (Å²) in [5.41, 5.74) is 1.99. The molecule has 0 aliphatic rings. The second-order valence-electron chi connectivity index (χ2n) is 4.58. The maximum absolute atomic E-state index is 11.0. The number of nitrogens with zero attached hydrogens (tertiary/aromatic N) is 2. The molecular weight excluding hydrogens is 288 g/mol. The van der Waals surface area contributed by atoms with E-state index in [9.17, 15) is 4.79 Å². The van der Waals surface area contributed by atoms with Crippen LogP contribution >= 0.6 is 11.3 Å². The van der Waals surface area contributed by atoms with Crippen molar-refractivity contribution in [3.8, 4) is 17.0 Å². The first-order valence-corrected chi connectivity index (χ1v) is 7.50. The molecule has 2 aromatic heterocycles. The van der Waals surface area contributed by atoms with E-state index in [2.05, 4.69) is 11.9 Å². The number of rotatable bonds is 5. The van der Waals surface area contributed by atoms with Gasteiger partial charge in [0.2, 0.25) is 0 Å². The smallest absolute Gasteiger partial charge is 0.356 e. The van der Waals surface area contributed by atoms with Crippen LogP contribution in [0.25, 0.3) is 16.2 Å². The van der Waals surface area contributed by atoms with Gasteiger partial charge >= 0.3 is 5.97 Å². The molecule has 3 rings (SSSR count). The largest absolute Gasteiger partial charge is 0.494 e. The summed E-state index contributed by atoms with van der Waals surface area (Å²) in [5.74, 6) is -0.177. The zero-order valence-corrected chi connectivity index (χ0v) is 12.3. The highest BCUT2D eigenvalue weighted by Crippen LogP contribution is 2.27. The predicted octanol–water partition coefficient (Wildman–Crippen LogP) is 3.55. The van der Waals surface area contributed by atoms with Gasteiger partial charge in [-0.2, -0.15) is 0 Å². The van der Waals surface area contributed by atoms with Gasteiger partial charge in [0, 0.05) is 11.6 Å². The minimum Gasteiger partial charge on any atom is -0.494 e.